The Labute approximate surface area is 199 Å². The third-order valence-electron chi connectivity index (χ3n) is 4.74. The van der Waals surface area contributed by atoms with Crippen LogP contribution < -0.4 is 14.4 Å². The Morgan fingerprint density at radius 1 is 0.912 bits per heavy atom. The first-order valence-electron chi connectivity index (χ1n) is 10.6. The summed E-state index contributed by atoms with van der Waals surface area (Å²) < 4.78 is 36.4. The van der Waals surface area contributed by atoms with Crippen molar-refractivity contribution in [2.45, 2.75) is 13.5 Å². The number of nitrogens with one attached hydrogen (secondary N) is 1. The minimum atomic E-state index is -3.50. The van der Waals surface area contributed by atoms with Crippen LogP contribution in [0, 0.1) is 0 Å². The molecule has 0 aromatic heterocycles. The number of carbonyl (C=O) groups is 2. The van der Waals surface area contributed by atoms with Crippen LogP contribution in [0.25, 0.3) is 0 Å². The minimum Gasteiger partial charge on any atom is -0.484 e. The number of ether oxygens (including phenoxy) is 2. The molecule has 0 spiro atoms. The van der Waals surface area contributed by atoms with Crippen molar-refractivity contribution >= 4 is 33.3 Å². The Hall–Kier alpha value is -3.85. The molecule has 1 amide bonds. The quantitative estimate of drug-likeness (QED) is 0.441. The summed E-state index contributed by atoms with van der Waals surface area (Å²) in [5, 5.41) is 2.68. The molecular weight excluding hydrogens is 456 g/mol. The lowest BCUT2D eigenvalue weighted by Gasteiger charge is -2.22. The van der Waals surface area contributed by atoms with Crippen molar-refractivity contribution in [3.63, 3.8) is 0 Å². The summed E-state index contributed by atoms with van der Waals surface area (Å²) in [6.45, 7) is 1.98. The van der Waals surface area contributed by atoms with Gasteiger partial charge in [0.05, 0.1) is 30.7 Å². The monoisotopic (exact) mass is 482 g/mol. The Balaban J connectivity index is 1.57. The number of hydrogen-bond acceptors (Lipinski definition) is 6. The first-order valence-corrected chi connectivity index (χ1v) is 12.4. The lowest BCUT2D eigenvalue weighted by molar-refractivity contribution is -0.118. The van der Waals surface area contributed by atoms with E-state index in [0.29, 0.717) is 22.7 Å². The number of hydrogen-bond donors (Lipinski definition) is 1. The molecule has 0 radical (unpaired) electrons. The van der Waals surface area contributed by atoms with E-state index in [2.05, 4.69) is 5.32 Å². The zero-order valence-corrected chi connectivity index (χ0v) is 19.7. The van der Waals surface area contributed by atoms with E-state index < -0.39 is 16.0 Å². The lowest BCUT2D eigenvalue weighted by atomic mass is 10.2. The number of amides is 1. The second kappa shape index (κ2) is 11.3. The SMILES string of the molecule is CCOC(=O)c1ccc(NC(=O)COc2ccc(N(Cc3ccccc3)S(C)(=O)=O)cc2)cc1. The molecule has 0 aliphatic rings. The molecule has 0 fully saturated rings. The van der Waals surface area contributed by atoms with Gasteiger partial charge in [-0.05, 0) is 61.0 Å². The molecule has 0 saturated carbocycles. The molecule has 1 N–H and O–H groups in total. The predicted octanol–water partition coefficient (Wildman–Crippen LogP) is 3.85. The second-order valence-electron chi connectivity index (χ2n) is 7.38. The molecule has 0 aliphatic carbocycles. The van der Waals surface area contributed by atoms with E-state index in [1.54, 1.807) is 55.5 Å². The lowest BCUT2D eigenvalue weighted by Crippen LogP contribution is -2.29. The van der Waals surface area contributed by atoms with Crippen molar-refractivity contribution < 1.29 is 27.5 Å². The minimum absolute atomic E-state index is 0.206. The third kappa shape index (κ3) is 7.08. The van der Waals surface area contributed by atoms with Gasteiger partial charge in [-0.25, -0.2) is 13.2 Å². The topological polar surface area (TPSA) is 102 Å². The van der Waals surface area contributed by atoms with Crippen LogP contribution in [-0.2, 0) is 26.1 Å². The highest BCUT2D eigenvalue weighted by atomic mass is 32.2. The smallest absolute Gasteiger partial charge is 0.338 e. The van der Waals surface area contributed by atoms with Crippen LogP contribution in [0.4, 0.5) is 11.4 Å². The van der Waals surface area contributed by atoms with Gasteiger partial charge in [0.25, 0.3) is 5.91 Å². The van der Waals surface area contributed by atoms with Crippen molar-refractivity contribution in [3.8, 4) is 5.75 Å². The summed E-state index contributed by atoms with van der Waals surface area (Å²) in [7, 11) is -3.50. The zero-order valence-electron chi connectivity index (χ0n) is 18.9. The first-order chi connectivity index (χ1) is 16.3. The maximum atomic E-state index is 12.3. The van der Waals surface area contributed by atoms with Crippen LogP contribution >= 0.6 is 0 Å². The maximum absolute atomic E-state index is 12.3. The number of carbonyl (C=O) groups excluding carboxylic acids is 2. The van der Waals surface area contributed by atoms with Gasteiger partial charge in [0.1, 0.15) is 5.75 Å². The molecule has 0 unspecified atom stereocenters. The standard InChI is InChI=1S/C25H26N2O6S/c1-3-32-25(29)20-9-11-21(12-10-20)26-24(28)18-33-23-15-13-22(14-16-23)27(34(2,30)31)17-19-7-5-4-6-8-19/h4-16H,3,17-18H2,1-2H3,(H,26,28). The Kier molecular flexibility index (Phi) is 8.26. The van der Waals surface area contributed by atoms with Gasteiger partial charge in [-0.15, -0.1) is 0 Å². The third-order valence-corrected chi connectivity index (χ3v) is 5.88. The Morgan fingerprint density at radius 2 is 1.56 bits per heavy atom. The summed E-state index contributed by atoms with van der Waals surface area (Å²) in [5.74, 6) is -0.384. The molecule has 0 bridgehead atoms. The van der Waals surface area contributed by atoms with Crippen LogP contribution in [0.15, 0.2) is 78.9 Å². The molecule has 178 valence electrons. The van der Waals surface area contributed by atoms with Crippen molar-refractivity contribution in [2.75, 3.05) is 29.1 Å². The highest BCUT2D eigenvalue weighted by molar-refractivity contribution is 7.92. The van der Waals surface area contributed by atoms with Crippen LogP contribution in [-0.4, -0.2) is 39.8 Å². The zero-order chi connectivity index (χ0) is 24.6. The van der Waals surface area contributed by atoms with Crippen LogP contribution in [0.5, 0.6) is 5.75 Å². The second-order valence-corrected chi connectivity index (χ2v) is 9.29. The fraction of sp³-hybridized carbons (Fsp3) is 0.200. The van der Waals surface area contributed by atoms with E-state index in [0.717, 1.165) is 11.8 Å². The van der Waals surface area contributed by atoms with Gasteiger partial charge in [0, 0.05) is 5.69 Å². The molecule has 8 nitrogen and oxygen atoms in total. The van der Waals surface area contributed by atoms with Gasteiger partial charge in [-0.1, -0.05) is 30.3 Å². The average Bonchev–Trinajstić information content (AvgIpc) is 2.82. The van der Waals surface area contributed by atoms with E-state index in [9.17, 15) is 18.0 Å². The van der Waals surface area contributed by atoms with E-state index in [4.69, 9.17) is 9.47 Å². The molecule has 3 aromatic carbocycles. The van der Waals surface area contributed by atoms with Crippen LogP contribution in [0.3, 0.4) is 0 Å². The van der Waals surface area contributed by atoms with Gasteiger partial charge >= 0.3 is 5.97 Å². The first kappa shape index (κ1) is 24.8. The largest absolute Gasteiger partial charge is 0.484 e. The molecular formula is C25H26N2O6S. The Morgan fingerprint density at radius 3 is 2.15 bits per heavy atom. The van der Waals surface area contributed by atoms with E-state index >= 15 is 0 Å². The molecule has 0 aliphatic heterocycles. The van der Waals surface area contributed by atoms with E-state index in [1.165, 1.54) is 4.31 Å². The number of benzene rings is 3. The summed E-state index contributed by atoms with van der Waals surface area (Å²) in [6.07, 6.45) is 1.16. The van der Waals surface area contributed by atoms with Crippen LogP contribution in [0.2, 0.25) is 0 Å². The van der Waals surface area contributed by atoms with Crippen molar-refractivity contribution in [2.24, 2.45) is 0 Å². The number of anilines is 2. The number of nitrogens with zero attached hydrogens (tertiary/aromatic N) is 1. The van der Waals surface area contributed by atoms with Gasteiger partial charge in [-0.2, -0.15) is 0 Å². The number of esters is 1. The number of rotatable bonds is 10. The molecule has 3 rings (SSSR count). The normalized spacial score (nSPS) is 10.9. The molecule has 0 saturated heterocycles. The fourth-order valence-corrected chi connectivity index (χ4v) is 4.00. The highest BCUT2D eigenvalue weighted by Gasteiger charge is 2.18. The van der Waals surface area contributed by atoms with Gasteiger partial charge in [0.15, 0.2) is 6.61 Å². The van der Waals surface area contributed by atoms with Crippen molar-refractivity contribution in [1.29, 1.82) is 0 Å². The summed E-state index contributed by atoms with van der Waals surface area (Å²) in [6, 6.07) is 22.1. The van der Waals surface area contributed by atoms with E-state index in [-0.39, 0.29) is 25.7 Å². The molecule has 34 heavy (non-hydrogen) atoms. The average molecular weight is 483 g/mol. The van der Waals surface area contributed by atoms with Crippen molar-refractivity contribution in [3.05, 3.63) is 90.0 Å². The predicted molar refractivity (Wildman–Crippen MR) is 130 cm³/mol. The Bertz CT molecular complexity index is 1210. The summed E-state index contributed by atoms with van der Waals surface area (Å²) in [4.78, 5) is 23.9. The molecule has 9 heteroatoms. The van der Waals surface area contributed by atoms with Gasteiger partial charge in [-0.3, -0.25) is 9.10 Å². The van der Waals surface area contributed by atoms with Gasteiger partial charge < -0.3 is 14.8 Å². The highest BCUT2D eigenvalue weighted by Crippen LogP contribution is 2.24. The van der Waals surface area contributed by atoms with Crippen molar-refractivity contribution in [1.82, 2.24) is 0 Å². The molecule has 3 aromatic rings. The summed E-state index contributed by atoms with van der Waals surface area (Å²) in [5.41, 5.74) is 2.26. The fourth-order valence-electron chi connectivity index (χ4n) is 3.11. The van der Waals surface area contributed by atoms with E-state index in [1.807, 2.05) is 30.3 Å². The molecule has 0 atom stereocenters. The summed E-state index contributed by atoms with van der Waals surface area (Å²) >= 11 is 0. The van der Waals surface area contributed by atoms with Crippen LogP contribution in [0.1, 0.15) is 22.8 Å². The number of sulfonamides is 1. The molecule has 0 heterocycles. The van der Waals surface area contributed by atoms with Gasteiger partial charge in [0.2, 0.25) is 10.0 Å². The maximum Gasteiger partial charge on any atom is 0.338 e.